The smallest absolute Gasteiger partial charge is 0.339 e. The molecule has 0 spiro atoms. The number of amides is 1. The molecule has 0 unspecified atom stereocenters. The molecule has 142 valence electrons. The molecule has 0 saturated heterocycles. The Morgan fingerprint density at radius 3 is 2.26 bits per heavy atom. The number of nitrogens with one attached hydrogen (secondary N) is 1. The van der Waals surface area contributed by atoms with E-state index in [1.807, 2.05) is 0 Å². The third kappa shape index (κ3) is 5.07. The lowest BCUT2D eigenvalue weighted by Crippen LogP contribution is -2.30. The maximum Gasteiger partial charge on any atom is 0.339 e. The van der Waals surface area contributed by atoms with E-state index in [4.69, 9.17) is 14.2 Å². The van der Waals surface area contributed by atoms with E-state index in [9.17, 15) is 14.4 Å². The lowest BCUT2D eigenvalue weighted by molar-refractivity contribution is -0.123. The third-order valence-corrected chi connectivity index (χ3v) is 3.81. The third-order valence-electron chi connectivity index (χ3n) is 3.81. The van der Waals surface area contributed by atoms with E-state index in [1.165, 1.54) is 40.2 Å². The van der Waals surface area contributed by atoms with Crippen LogP contribution < -0.4 is 14.8 Å². The van der Waals surface area contributed by atoms with Crippen LogP contribution in [-0.4, -0.2) is 38.0 Å². The molecule has 2 aromatic carbocycles. The molecule has 0 aliphatic rings. The zero-order valence-electron chi connectivity index (χ0n) is 15.6. The first-order chi connectivity index (χ1) is 12.8. The second kappa shape index (κ2) is 8.84. The molecule has 0 heterocycles. The van der Waals surface area contributed by atoms with Gasteiger partial charge in [-0.2, -0.15) is 0 Å². The van der Waals surface area contributed by atoms with Crippen molar-refractivity contribution in [3.05, 3.63) is 53.6 Å². The molecule has 0 aromatic heterocycles. The Morgan fingerprint density at radius 2 is 1.63 bits per heavy atom. The van der Waals surface area contributed by atoms with E-state index >= 15 is 0 Å². The Balaban J connectivity index is 2.04. The highest BCUT2D eigenvalue weighted by atomic mass is 16.5. The van der Waals surface area contributed by atoms with E-state index in [2.05, 4.69) is 5.32 Å². The maximum atomic E-state index is 12.3. The van der Waals surface area contributed by atoms with Crippen molar-refractivity contribution in [1.29, 1.82) is 0 Å². The Kier molecular flexibility index (Phi) is 6.54. The molecule has 0 aliphatic heterocycles. The average molecular weight is 371 g/mol. The summed E-state index contributed by atoms with van der Waals surface area (Å²) in [5.41, 5.74) is 1.15. The van der Waals surface area contributed by atoms with Crippen LogP contribution in [0, 0.1) is 0 Å². The zero-order chi connectivity index (χ0) is 20.0. The maximum absolute atomic E-state index is 12.3. The van der Waals surface area contributed by atoms with E-state index in [1.54, 1.807) is 30.3 Å². The summed E-state index contributed by atoms with van der Waals surface area (Å²) in [7, 11) is 2.95. The van der Waals surface area contributed by atoms with Gasteiger partial charge >= 0.3 is 5.97 Å². The summed E-state index contributed by atoms with van der Waals surface area (Å²) in [5.74, 6) is -0.435. The molecule has 1 N–H and O–H groups in total. The summed E-state index contributed by atoms with van der Waals surface area (Å²) in [4.78, 5) is 36.0. The summed E-state index contributed by atoms with van der Waals surface area (Å²) >= 11 is 0. The van der Waals surface area contributed by atoms with Gasteiger partial charge in [0.25, 0.3) is 5.91 Å². The van der Waals surface area contributed by atoms with Gasteiger partial charge in [0.05, 0.1) is 19.8 Å². The van der Waals surface area contributed by atoms with Crippen molar-refractivity contribution >= 4 is 23.3 Å². The summed E-state index contributed by atoms with van der Waals surface area (Å²) in [6, 6.07) is 11.1. The number of ether oxygens (including phenoxy) is 3. The number of rotatable bonds is 7. The number of Topliss-reactive ketones (excluding diaryl/α,β-unsaturated/α-hetero) is 1. The van der Waals surface area contributed by atoms with Crippen molar-refractivity contribution in [2.45, 2.75) is 20.0 Å². The lowest BCUT2D eigenvalue weighted by Gasteiger charge is -2.15. The molecular weight excluding hydrogens is 350 g/mol. The van der Waals surface area contributed by atoms with Crippen LogP contribution in [0.3, 0.4) is 0 Å². The fraction of sp³-hybridized carbons (Fsp3) is 0.250. The minimum absolute atomic E-state index is 0.112. The lowest BCUT2D eigenvalue weighted by atomic mass is 10.1. The fourth-order valence-electron chi connectivity index (χ4n) is 2.31. The summed E-state index contributed by atoms with van der Waals surface area (Å²) in [6.07, 6.45) is -1.04. The number of methoxy groups -OCH3 is 2. The van der Waals surface area contributed by atoms with Crippen LogP contribution in [0.4, 0.5) is 5.69 Å². The van der Waals surface area contributed by atoms with Gasteiger partial charge in [-0.1, -0.05) is 12.1 Å². The van der Waals surface area contributed by atoms with E-state index < -0.39 is 18.0 Å². The monoisotopic (exact) mass is 371 g/mol. The van der Waals surface area contributed by atoms with Gasteiger partial charge in [0.15, 0.2) is 23.4 Å². The molecule has 0 bridgehead atoms. The summed E-state index contributed by atoms with van der Waals surface area (Å²) < 4.78 is 15.5. The normalized spacial score (nSPS) is 11.3. The quantitative estimate of drug-likeness (QED) is 0.594. The molecule has 7 nitrogen and oxygen atoms in total. The number of ketones is 1. The highest BCUT2D eigenvalue weighted by Gasteiger charge is 2.20. The SMILES string of the molecule is COc1ccc(C(=O)O[C@@H](C)C(=O)Nc2cccc(C(C)=O)c2)cc1OC. The number of carbonyl (C=O) groups is 3. The van der Waals surface area contributed by atoms with Gasteiger partial charge in [-0.25, -0.2) is 4.79 Å². The van der Waals surface area contributed by atoms with Crippen molar-refractivity contribution in [2.75, 3.05) is 19.5 Å². The molecule has 0 aliphatic carbocycles. The van der Waals surface area contributed by atoms with Crippen LogP contribution in [-0.2, 0) is 9.53 Å². The number of carbonyl (C=O) groups excluding carboxylic acids is 3. The molecule has 2 rings (SSSR count). The van der Waals surface area contributed by atoms with Crippen molar-refractivity contribution in [1.82, 2.24) is 0 Å². The van der Waals surface area contributed by atoms with E-state index in [-0.39, 0.29) is 11.3 Å². The largest absolute Gasteiger partial charge is 0.493 e. The van der Waals surface area contributed by atoms with Crippen molar-refractivity contribution in [2.24, 2.45) is 0 Å². The molecule has 2 aromatic rings. The number of hydrogen-bond donors (Lipinski definition) is 1. The molecule has 0 fully saturated rings. The zero-order valence-corrected chi connectivity index (χ0v) is 15.6. The van der Waals surface area contributed by atoms with Crippen molar-refractivity contribution in [3.63, 3.8) is 0 Å². The van der Waals surface area contributed by atoms with Crippen LogP contribution in [0.15, 0.2) is 42.5 Å². The predicted molar refractivity (Wildman–Crippen MR) is 99.5 cm³/mol. The van der Waals surface area contributed by atoms with Crippen LogP contribution >= 0.6 is 0 Å². The number of hydrogen-bond acceptors (Lipinski definition) is 6. The minimum Gasteiger partial charge on any atom is -0.493 e. The molecule has 27 heavy (non-hydrogen) atoms. The molecule has 0 saturated carbocycles. The second-order valence-electron chi connectivity index (χ2n) is 5.74. The topological polar surface area (TPSA) is 90.9 Å². The van der Waals surface area contributed by atoms with Gasteiger partial charge in [-0.15, -0.1) is 0 Å². The van der Waals surface area contributed by atoms with Crippen LogP contribution in [0.25, 0.3) is 0 Å². The van der Waals surface area contributed by atoms with Gasteiger partial charge in [0.2, 0.25) is 0 Å². The number of esters is 1. The Morgan fingerprint density at radius 1 is 0.926 bits per heavy atom. The second-order valence-corrected chi connectivity index (χ2v) is 5.74. The van der Waals surface area contributed by atoms with Gasteiger partial charge in [0, 0.05) is 11.3 Å². The Bertz CT molecular complexity index is 861. The highest BCUT2D eigenvalue weighted by Crippen LogP contribution is 2.28. The van der Waals surface area contributed by atoms with Gasteiger partial charge < -0.3 is 19.5 Å². The van der Waals surface area contributed by atoms with Crippen LogP contribution in [0.1, 0.15) is 34.6 Å². The van der Waals surface area contributed by atoms with Gasteiger partial charge in [0.1, 0.15) is 0 Å². The van der Waals surface area contributed by atoms with E-state index in [0.29, 0.717) is 22.7 Å². The number of benzene rings is 2. The molecule has 7 heteroatoms. The molecule has 0 radical (unpaired) electrons. The predicted octanol–water partition coefficient (Wildman–Crippen LogP) is 3.09. The minimum atomic E-state index is -1.04. The first-order valence-electron chi connectivity index (χ1n) is 8.20. The molecule has 1 amide bonds. The fourth-order valence-corrected chi connectivity index (χ4v) is 2.31. The van der Waals surface area contributed by atoms with Crippen LogP contribution in [0.2, 0.25) is 0 Å². The standard InChI is InChI=1S/C20H21NO6/c1-12(22)14-6-5-7-16(10-14)21-19(23)13(2)27-20(24)15-8-9-17(25-3)18(11-15)26-4/h5-11,13H,1-4H3,(H,21,23)/t13-/m0/s1. The van der Waals surface area contributed by atoms with Crippen molar-refractivity contribution < 1.29 is 28.6 Å². The summed E-state index contributed by atoms with van der Waals surface area (Å²) in [5, 5.41) is 2.62. The number of anilines is 1. The first-order valence-corrected chi connectivity index (χ1v) is 8.20. The Hall–Kier alpha value is -3.35. The highest BCUT2D eigenvalue weighted by molar-refractivity contribution is 5.99. The molecule has 1 atom stereocenters. The van der Waals surface area contributed by atoms with E-state index in [0.717, 1.165) is 0 Å². The van der Waals surface area contributed by atoms with Gasteiger partial charge in [-0.3, -0.25) is 9.59 Å². The van der Waals surface area contributed by atoms with Crippen LogP contribution in [0.5, 0.6) is 11.5 Å². The average Bonchev–Trinajstić information content (AvgIpc) is 2.67. The van der Waals surface area contributed by atoms with Gasteiger partial charge in [-0.05, 0) is 44.2 Å². The molecular formula is C20H21NO6. The Labute approximate surface area is 157 Å². The first kappa shape index (κ1) is 20.0. The summed E-state index contributed by atoms with van der Waals surface area (Å²) in [6.45, 7) is 2.90. The van der Waals surface area contributed by atoms with Crippen molar-refractivity contribution in [3.8, 4) is 11.5 Å².